The number of nitrogens with zero attached hydrogens (tertiary/aromatic N) is 3. The van der Waals surface area contributed by atoms with Gasteiger partial charge >= 0.3 is 0 Å². The van der Waals surface area contributed by atoms with Gasteiger partial charge in [-0.15, -0.1) is 0 Å². The van der Waals surface area contributed by atoms with Crippen LogP contribution >= 0.6 is 0 Å². The number of anilines is 2. The number of hydrogen-bond donors (Lipinski definition) is 2. The molecule has 2 aromatic carbocycles. The summed E-state index contributed by atoms with van der Waals surface area (Å²) < 4.78 is 0. The van der Waals surface area contributed by atoms with Crippen LogP contribution in [0, 0.1) is 0 Å². The second-order valence-corrected chi connectivity index (χ2v) is 5.00. The second-order valence-electron chi connectivity index (χ2n) is 5.00. The van der Waals surface area contributed by atoms with Gasteiger partial charge in [-0.05, 0) is 31.2 Å². The summed E-state index contributed by atoms with van der Waals surface area (Å²) in [6.45, 7) is 3.11. The lowest BCUT2D eigenvalue weighted by molar-refractivity contribution is 0.475. The van der Waals surface area contributed by atoms with Crippen LogP contribution in [0.2, 0.25) is 0 Å². The Kier molecular flexibility index (Phi) is 3.39. The molecule has 0 saturated heterocycles. The first-order chi connectivity index (χ1) is 10.1. The van der Waals surface area contributed by atoms with Crippen molar-refractivity contribution in [3.63, 3.8) is 0 Å². The average Bonchev–Trinajstić information content (AvgIpc) is 2.47. The fourth-order valence-electron chi connectivity index (χ4n) is 2.37. The van der Waals surface area contributed by atoms with E-state index in [9.17, 15) is 10.2 Å². The number of aromatic hydroxyl groups is 2. The lowest BCUT2D eigenvalue weighted by atomic mass is 10.2. The average molecular weight is 283 g/mol. The maximum Gasteiger partial charge on any atom is 0.117 e. The Morgan fingerprint density at radius 3 is 2.24 bits per heavy atom. The molecule has 2 N–H and O–H groups in total. The zero-order valence-corrected chi connectivity index (χ0v) is 11.8. The molecule has 5 heteroatoms. The normalized spacial score (nSPS) is 15.0. The molecule has 0 radical (unpaired) electrons. The molecule has 0 unspecified atom stereocenters. The molecule has 1 aliphatic rings. The summed E-state index contributed by atoms with van der Waals surface area (Å²) in [5, 5.41) is 19.2. The third kappa shape index (κ3) is 2.76. The minimum Gasteiger partial charge on any atom is -0.508 e. The molecule has 5 nitrogen and oxygen atoms in total. The van der Waals surface area contributed by atoms with E-state index in [-0.39, 0.29) is 11.5 Å². The SMILES string of the molecule is CC1=NCN(c2cccc(O)c2)CN1c1cccc(O)c1. The first-order valence-corrected chi connectivity index (χ1v) is 6.75. The van der Waals surface area contributed by atoms with E-state index in [1.165, 1.54) is 0 Å². The minimum atomic E-state index is 0.231. The van der Waals surface area contributed by atoms with Crippen LogP contribution in [0.1, 0.15) is 6.92 Å². The van der Waals surface area contributed by atoms with Crippen LogP contribution in [-0.2, 0) is 0 Å². The molecule has 21 heavy (non-hydrogen) atoms. The van der Waals surface area contributed by atoms with Crippen molar-refractivity contribution in [2.24, 2.45) is 4.99 Å². The molecule has 1 aliphatic heterocycles. The van der Waals surface area contributed by atoms with E-state index >= 15 is 0 Å². The highest BCUT2D eigenvalue weighted by Gasteiger charge is 2.20. The predicted molar refractivity (Wildman–Crippen MR) is 84.0 cm³/mol. The van der Waals surface area contributed by atoms with Crippen LogP contribution in [0.4, 0.5) is 11.4 Å². The van der Waals surface area contributed by atoms with Crippen molar-refractivity contribution >= 4 is 17.2 Å². The summed E-state index contributed by atoms with van der Waals surface area (Å²) in [6.07, 6.45) is 0. The fourth-order valence-corrected chi connectivity index (χ4v) is 2.37. The molecule has 0 aliphatic carbocycles. The fraction of sp³-hybridized carbons (Fsp3) is 0.188. The highest BCUT2D eigenvalue weighted by Crippen LogP contribution is 2.26. The number of hydrogen-bond acceptors (Lipinski definition) is 5. The Morgan fingerprint density at radius 2 is 1.57 bits per heavy atom. The van der Waals surface area contributed by atoms with Crippen LogP contribution in [0.3, 0.4) is 0 Å². The van der Waals surface area contributed by atoms with Crippen molar-refractivity contribution in [3.05, 3.63) is 48.5 Å². The molecule has 108 valence electrons. The van der Waals surface area contributed by atoms with Crippen molar-refractivity contribution in [3.8, 4) is 11.5 Å². The number of phenolic OH excluding ortho intramolecular Hbond substituents is 2. The number of benzene rings is 2. The highest BCUT2D eigenvalue weighted by molar-refractivity contribution is 5.97. The maximum absolute atomic E-state index is 9.64. The standard InChI is InChI=1S/C16H17N3O2/c1-12-17-10-18(13-4-2-6-15(20)8-13)11-19(12)14-5-3-7-16(21)9-14/h2-9,20-21H,10-11H2,1H3. The van der Waals surface area contributed by atoms with Crippen molar-refractivity contribution in [2.45, 2.75) is 6.92 Å². The molecule has 2 aromatic rings. The van der Waals surface area contributed by atoms with Crippen molar-refractivity contribution in [1.82, 2.24) is 0 Å². The third-order valence-corrected chi connectivity index (χ3v) is 3.51. The third-order valence-electron chi connectivity index (χ3n) is 3.51. The Bertz CT molecular complexity index is 685. The van der Waals surface area contributed by atoms with Gasteiger partial charge in [-0.3, -0.25) is 4.99 Å². The quantitative estimate of drug-likeness (QED) is 0.889. The first-order valence-electron chi connectivity index (χ1n) is 6.75. The molecule has 0 atom stereocenters. The summed E-state index contributed by atoms with van der Waals surface area (Å²) >= 11 is 0. The van der Waals surface area contributed by atoms with Gasteiger partial charge in [-0.2, -0.15) is 0 Å². The molecule has 3 rings (SSSR count). The van der Waals surface area contributed by atoms with Gasteiger partial charge in [0.15, 0.2) is 0 Å². The lowest BCUT2D eigenvalue weighted by Crippen LogP contribution is -2.45. The van der Waals surface area contributed by atoms with Crippen LogP contribution in [-0.4, -0.2) is 29.4 Å². The highest BCUT2D eigenvalue weighted by atomic mass is 16.3. The molecule has 0 bridgehead atoms. The number of rotatable bonds is 2. The summed E-state index contributed by atoms with van der Waals surface area (Å²) in [5.74, 6) is 1.37. The monoisotopic (exact) mass is 283 g/mol. The molecular formula is C16H17N3O2. The number of amidine groups is 1. The molecule has 0 amide bonds. The van der Waals surface area contributed by atoms with E-state index in [2.05, 4.69) is 9.89 Å². The van der Waals surface area contributed by atoms with Gasteiger partial charge in [-0.25, -0.2) is 0 Å². The van der Waals surface area contributed by atoms with E-state index in [4.69, 9.17) is 0 Å². The maximum atomic E-state index is 9.64. The molecule has 0 saturated carbocycles. The van der Waals surface area contributed by atoms with Gasteiger partial charge in [0.05, 0.1) is 6.67 Å². The van der Waals surface area contributed by atoms with Gasteiger partial charge in [-0.1, -0.05) is 12.1 Å². The summed E-state index contributed by atoms with van der Waals surface area (Å²) in [6, 6.07) is 14.2. The summed E-state index contributed by atoms with van der Waals surface area (Å²) in [4.78, 5) is 8.58. The van der Waals surface area contributed by atoms with Crippen molar-refractivity contribution < 1.29 is 10.2 Å². The van der Waals surface area contributed by atoms with Gasteiger partial charge in [0, 0.05) is 23.5 Å². The smallest absolute Gasteiger partial charge is 0.117 e. The molecular weight excluding hydrogens is 266 g/mol. The predicted octanol–water partition coefficient (Wildman–Crippen LogP) is 2.76. The largest absolute Gasteiger partial charge is 0.508 e. The second kappa shape index (κ2) is 5.36. The Morgan fingerprint density at radius 1 is 0.952 bits per heavy atom. The number of phenols is 2. The van der Waals surface area contributed by atoms with Crippen LogP contribution in [0.25, 0.3) is 0 Å². The molecule has 0 aromatic heterocycles. The zero-order valence-electron chi connectivity index (χ0n) is 11.8. The Balaban J connectivity index is 1.89. The first kappa shape index (κ1) is 13.3. The van der Waals surface area contributed by atoms with Gasteiger partial charge in [0.2, 0.25) is 0 Å². The zero-order chi connectivity index (χ0) is 14.8. The summed E-state index contributed by atoms with van der Waals surface area (Å²) in [5.41, 5.74) is 1.80. The van der Waals surface area contributed by atoms with Gasteiger partial charge < -0.3 is 20.0 Å². The Hall–Kier alpha value is -2.69. The van der Waals surface area contributed by atoms with Gasteiger partial charge in [0.25, 0.3) is 0 Å². The molecule has 0 fully saturated rings. The van der Waals surface area contributed by atoms with E-state index in [1.807, 2.05) is 36.1 Å². The van der Waals surface area contributed by atoms with E-state index in [0.29, 0.717) is 13.3 Å². The molecule has 0 spiro atoms. The van der Waals surface area contributed by atoms with E-state index in [1.54, 1.807) is 24.3 Å². The Labute approximate surface area is 123 Å². The van der Waals surface area contributed by atoms with E-state index < -0.39 is 0 Å². The van der Waals surface area contributed by atoms with Crippen molar-refractivity contribution in [2.75, 3.05) is 23.1 Å². The van der Waals surface area contributed by atoms with Crippen molar-refractivity contribution in [1.29, 1.82) is 0 Å². The van der Waals surface area contributed by atoms with Crippen LogP contribution < -0.4 is 9.80 Å². The van der Waals surface area contributed by atoms with E-state index in [0.717, 1.165) is 17.2 Å². The molecule has 1 heterocycles. The number of aliphatic imine (C=N–C) groups is 1. The van der Waals surface area contributed by atoms with Gasteiger partial charge in [0.1, 0.15) is 24.0 Å². The van der Waals surface area contributed by atoms with Crippen LogP contribution in [0.15, 0.2) is 53.5 Å². The summed E-state index contributed by atoms with van der Waals surface area (Å²) in [7, 11) is 0. The minimum absolute atomic E-state index is 0.231. The topological polar surface area (TPSA) is 59.3 Å². The van der Waals surface area contributed by atoms with Crippen LogP contribution in [0.5, 0.6) is 11.5 Å². The lowest BCUT2D eigenvalue weighted by Gasteiger charge is -2.36.